The van der Waals surface area contributed by atoms with Crippen molar-refractivity contribution in [3.63, 3.8) is 0 Å². The first-order valence-corrected chi connectivity index (χ1v) is 6.17. The van der Waals surface area contributed by atoms with E-state index in [0.29, 0.717) is 11.3 Å². The van der Waals surface area contributed by atoms with Crippen LogP contribution in [-0.4, -0.2) is 5.97 Å². The lowest BCUT2D eigenvalue weighted by Crippen LogP contribution is -2.07. The Morgan fingerprint density at radius 2 is 1.58 bits per heavy atom. The summed E-state index contributed by atoms with van der Waals surface area (Å²) in [6, 6.07) is 16.4. The van der Waals surface area contributed by atoms with E-state index in [-0.39, 0.29) is 5.97 Å². The van der Waals surface area contributed by atoms with Crippen LogP contribution in [0, 0.1) is 0 Å². The third kappa shape index (κ3) is 3.81. The molecule has 0 amide bonds. The summed E-state index contributed by atoms with van der Waals surface area (Å²) >= 11 is 0. The number of hydrogen-bond donors (Lipinski definition) is 0. The first kappa shape index (κ1) is 13.1. The summed E-state index contributed by atoms with van der Waals surface area (Å²) < 4.78 is 5.30. The van der Waals surface area contributed by atoms with Gasteiger partial charge in [0.15, 0.2) is 0 Å². The van der Waals surface area contributed by atoms with Gasteiger partial charge in [-0.25, -0.2) is 4.79 Å². The van der Waals surface area contributed by atoms with E-state index in [1.54, 1.807) is 24.3 Å². The Bertz CT molecular complexity index is 576. The van der Waals surface area contributed by atoms with Gasteiger partial charge in [0.05, 0.1) is 5.56 Å². The number of hydrogen-bond acceptors (Lipinski definition) is 2. The van der Waals surface area contributed by atoms with Gasteiger partial charge < -0.3 is 4.74 Å². The Kier molecular flexibility index (Phi) is 4.14. The van der Waals surface area contributed by atoms with Gasteiger partial charge in [-0.15, -0.1) is 0 Å². The Labute approximate surface area is 113 Å². The monoisotopic (exact) mass is 252 g/mol. The van der Waals surface area contributed by atoms with Crippen molar-refractivity contribution in [2.75, 3.05) is 0 Å². The van der Waals surface area contributed by atoms with Crippen LogP contribution in [0.15, 0.2) is 60.2 Å². The Morgan fingerprint density at radius 1 is 0.947 bits per heavy atom. The van der Waals surface area contributed by atoms with E-state index < -0.39 is 0 Å². The van der Waals surface area contributed by atoms with E-state index >= 15 is 0 Å². The Morgan fingerprint density at radius 3 is 2.16 bits per heavy atom. The zero-order valence-electron chi connectivity index (χ0n) is 11.1. The van der Waals surface area contributed by atoms with Gasteiger partial charge in [-0.2, -0.15) is 0 Å². The molecule has 0 fully saturated rings. The lowest BCUT2D eigenvalue weighted by atomic mass is 10.1. The lowest BCUT2D eigenvalue weighted by molar-refractivity contribution is 0.0735. The lowest BCUT2D eigenvalue weighted by Gasteiger charge is -2.04. The van der Waals surface area contributed by atoms with Crippen LogP contribution in [0.3, 0.4) is 0 Å². The fraction of sp³-hybridized carbons (Fsp3) is 0.118. The average Bonchev–Trinajstić information content (AvgIpc) is 2.41. The predicted octanol–water partition coefficient (Wildman–Crippen LogP) is 4.33. The van der Waals surface area contributed by atoms with Gasteiger partial charge in [0.25, 0.3) is 0 Å². The van der Waals surface area contributed by atoms with E-state index in [0.717, 1.165) is 5.56 Å². The van der Waals surface area contributed by atoms with Gasteiger partial charge in [-0.05, 0) is 43.7 Å². The second-order valence-corrected chi connectivity index (χ2v) is 4.55. The van der Waals surface area contributed by atoms with Crippen LogP contribution in [0.25, 0.3) is 6.08 Å². The number of carbonyl (C=O) groups excluding carboxylic acids is 1. The number of rotatable bonds is 3. The second-order valence-electron chi connectivity index (χ2n) is 4.55. The predicted molar refractivity (Wildman–Crippen MR) is 77.2 cm³/mol. The fourth-order valence-corrected chi connectivity index (χ4v) is 1.71. The summed E-state index contributed by atoms with van der Waals surface area (Å²) in [6.45, 7) is 4.09. The molecule has 2 nitrogen and oxygen atoms in total. The SMILES string of the molecule is CC(C)=Cc1ccc(OC(=O)c2ccccc2)cc1. The highest BCUT2D eigenvalue weighted by Gasteiger charge is 2.06. The highest BCUT2D eigenvalue weighted by atomic mass is 16.5. The molecule has 2 heteroatoms. The molecule has 96 valence electrons. The quantitative estimate of drug-likeness (QED) is 0.600. The van der Waals surface area contributed by atoms with E-state index in [4.69, 9.17) is 4.74 Å². The molecule has 0 heterocycles. The molecule has 0 aliphatic carbocycles. The molecule has 0 radical (unpaired) electrons. The van der Waals surface area contributed by atoms with Crippen LogP contribution in [0.1, 0.15) is 29.8 Å². The minimum atomic E-state index is -0.337. The maximum Gasteiger partial charge on any atom is 0.343 e. The summed E-state index contributed by atoms with van der Waals surface area (Å²) in [4.78, 5) is 11.8. The van der Waals surface area contributed by atoms with Crippen LogP contribution < -0.4 is 4.74 Å². The van der Waals surface area contributed by atoms with Crippen molar-refractivity contribution < 1.29 is 9.53 Å². The molecule has 0 atom stereocenters. The van der Waals surface area contributed by atoms with Crippen molar-refractivity contribution in [3.05, 3.63) is 71.3 Å². The number of ether oxygens (including phenoxy) is 1. The Balaban J connectivity index is 2.08. The zero-order chi connectivity index (χ0) is 13.7. The van der Waals surface area contributed by atoms with Crippen molar-refractivity contribution >= 4 is 12.0 Å². The molecular weight excluding hydrogens is 236 g/mol. The molecule has 0 saturated carbocycles. The van der Waals surface area contributed by atoms with E-state index in [1.165, 1.54) is 5.57 Å². The van der Waals surface area contributed by atoms with E-state index in [1.807, 2.05) is 44.2 Å². The van der Waals surface area contributed by atoms with Gasteiger partial charge in [-0.1, -0.05) is 42.0 Å². The molecule has 0 spiro atoms. The number of benzene rings is 2. The van der Waals surface area contributed by atoms with E-state index in [9.17, 15) is 4.79 Å². The van der Waals surface area contributed by atoms with Crippen molar-refractivity contribution in [3.8, 4) is 5.75 Å². The van der Waals surface area contributed by atoms with Gasteiger partial charge in [-0.3, -0.25) is 0 Å². The first-order valence-electron chi connectivity index (χ1n) is 6.17. The summed E-state index contributed by atoms with van der Waals surface area (Å²) in [7, 11) is 0. The van der Waals surface area contributed by atoms with Crippen molar-refractivity contribution in [1.82, 2.24) is 0 Å². The number of carbonyl (C=O) groups is 1. The molecule has 2 aromatic carbocycles. The van der Waals surface area contributed by atoms with E-state index in [2.05, 4.69) is 6.08 Å². The van der Waals surface area contributed by atoms with Crippen LogP contribution in [0.2, 0.25) is 0 Å². The molecule has 2 aromatic rings. The van der Waals surface area contributed by atoms with Gasteiger partial charge >= 0.3 is 5.97 Å². The molecular formula is C17H16O2. The van der Waals surface area contributed by atoms with Gasteiger partial charge in [0, 0.05) is 0 Å². The minimum absolute atomic E-state index is 0.337. The van der Waals surface area contributed by atoms with Crippen molar-refractivity contribution in [1.29, 1.82) is 0 Å². The van der Waals surface area contributed by atoms with Crippen LogP contribution in [0.5, 0.6) is 5.75 Å². The maximum atomic E-state index is 11.8. The zero-order valence-corrected chi connectivity index (χ0v) is 11.1. The van der Waals surface area contributed by atoms with Crippen LogP contribution in [0.4, 0.5) is 0 Å². The van der Waals surface area contributed by atoms with Gasteiger partial charge in [0.2, 0.25) is 0 Å². The minimum Gasteiger partial charge on any atom is -0.423 e. The fourth-order valence-electron chi connectivity index (χ4n) is 1.71. The topological polar surface area (TPSA) is 26.3 Å². The molecule has 2 rings (SSSR count). The average molecular weight is 252 g/mol. The first-order chi connectivity index (χ1) is 9.15. The van der Waals surface area contributed by atoms with Crippen molar-refractivity contribution in [2.45, 2.75) is 13.8 Å². The molecule has 19 heavy (non-hydrogen) atoms. The molecule has 0 bridgehead atoms. The molecule has 0 N–H and O–H groups in total. The smallest absolute Gasteiger partial charge is 0.343 e. The molecule has 0 aliphatic heterocycles. The van der Waals surface area contributed by atoms with Crippen LogP contribution >= 0.6 is 0 Å². The summed E-state index contributed by atoms with van der Waals surface area (Å²) in [5.74, 6) is 0.218. The Hall–Kier alpha value is -2.35. The second kappa shape index (κ2) is 6.01. The molecule has 0 aliphatic rings. The number of allylic oxidation sites excluding steroid dienone is 1. The van der Waals surface area contributed by atoms with Crippen molar-refractivity contribution in [2.24, 2.45) is 0 Å². The standard InChI is InChI=1S/C17H16O2/c1-13(2)12-14-8-10-16(11-9-14)19-17(18)15-6-4-3-5-7-15/h3-12H,1-2H3. The summed E-state index contributed by atoms with van der Waals surface area (Å²) in [5.41, 5.74) is 2.88. The third-order valence-corrected chi connectivity index (χ3v) is 2.56. The summed E-state index contributed by atoms with van der Waals surface area (Å²) in [6.07, 6.45) is 2.07. The molecule has 0 unspecified atom stereocenters. The molecule has 0 saturated heterocycles. The van der Waals surface area contributed by atoms with Gasteiger partial charge in [0.1, 0.15) is 5.75 Å². The number of esters is 1. The highest BCUT2D eigenvalue weighted by Crippen LogP contribution is 2.16. The largest absolute Gasteiger partial charge is 0.423 e. The summed E-state index contributed by atoms with van der Waals surface area (Å²) in [5, 5.41) is 0. The highest BCUT2D eigenvalue weighted by molar-refractivity contribution is 5.90. The molecule has 0 aromatic heterocycles. The van der Waals surface area contributed by atoms with Crippen LogP contribution in [-0.2, 0) is 0 Å². The maximum absolute atomic E-state index is 11.8. The normalized spacial score (nSPS) is 9.79. The third-order valence-electron chi connectivity index (χ3n) is 2.56.